The lowest BCUT2D eigenvalue weighted by Crippen LogP contribution is -2.29. The highest BCUT2D eigenvalue weighted by Gasteiger charge is 2.17. The number of anilines is 1. The highest BCUT2D eigenvalue weighted by Crippen LogP contribution is 2.22. The molecule has 2 atom stereocenters. The predicted molar refractivity (Wildman–Crippen MR) is 78.7 cm³/mol. The molecule has 1 aromatic rings. The van der Waals surface area contributed by atoms with Gasteiger partial charge in [-0.15, -0.1) is 0 Å². The van der Waals surface area contributed by atoms with Crippen molar-refractivity contribution in [1.29, 1.82) is 0 Å². The molecule has 1 fully saturated rings. The van der Waals surface area contributed by atoms with Gasteiger partial charge in [-0.25, -0.2) is 0 Å². The predicted octanol–water partition coefficient (Wildman–Crippen LogP) is 2.38. The Morgan fingerprint density at radius 1 is 1.63 bits per heavy atom. The zero-order chi connectivity index (χ0) is 13.8. The number of halogens is 1. The largest absolute Gasteiger partial charge is 0.382 e. The Bertz CT molecular complexity index is 458. The zero-order valence-corrected chi connectivity index (χ0v) is 11.8. The second-order valence-electron chi connectivity index (χ2n) is 5.13. The van der Waals surface area contributed by atoms with Crippen LogP contribution in [0.4, 0.5) is 5.69 Å². The van der Waals surface area contributed by atoms with Crippen LogP contribution in [0, 0.1) is 0 Å². The summed E-state index contributed by atoms with van der Waals surface area (Å²) >= 11 is 6.02. The van der Waals surface area contributed by atoms with Crippen LogP contribution >= 0.6 is 11.6 Å². The summed E-state index contributed by atoms with van der Waals surface area (Å²) in [6.07, 6.45) is 3.58. The molecule has 1 aliphatic heterocycles. The number of primary amides is 1. The lowest BCUT2D eigenvalue weighted by atomic mass is 10.1. The van der Waals surface area contributed by atoms with Crippen LogP contribution in [0.3, 0.4) is 0 Å². The Labute approximate surface area is 118 Å². The molecule has 2 unspecified atom stereocenters. The number of hydrogen-bond acceptors (Lipinski definition) is 3. The van der Waals surface area contributed by atoms with Gasteiger partial charge in [0.1, 0.15) is 0 Å². The summed E-state index contributed by atoms with van der Waals surface area (Å²) in [4.78, 5) is 11.1. The van der Waals surface area contributed by atoms with Crippen molar-refractivity contribution in [3.8, 4) is 0 Å². The molecule has 1 saturated heterocycles. The van der Waals surface area contributed by atoms with Crippen LogP contribution < -0.4 is 16.4 Å². The second kappa shape index (κ2) is 6.26. The molecule has 19 heavy (non-hydrogen) atoms. The lowest BCUT2D eigenvalue weighted by molar-refractivity contribution is 0.100. The van der Waals surface area contributed by atoms with E-state index in [0.29, 0.717) is 22.7 Å². The number of nitrogens with two attached hydrogens (primary N) is 1. The van der Waals surface area contributed by atoms with E-state index in [1.807, 2.05) is 6.07 Å². The number of nitrogens with one attached hydrogen (secondary N) is 2. The molecule has 0 aliphatic carbocycles. The molecular formula is C14H20ClN3O. The van der Waals surface area contributed by atoms with Crippen LogP contribution in [-0.4, -0.2) is 24.5 Å². The summed E-state index contributed by atoms with van der Waals surface area (Å²) in [5.74, 6) is -0.500. The summed E-state index contributed by atoms with van der Waals surface area (Å²) in [7, 11) is 0. The molecule has 104 valence electrons. The van der Waals surface area contributed by atoms with Gasteiger partial charge in [-0.2, -0.15) is 0 Å². The van der Waals surface area contributed by atoms with E-state index in [2.05, 4.69) is 17.6 Å². The number of carbonyl (C=O) groups is 1. The number of carbonyl (C=O) groups excluding carboxylic acids is 1. The third-order valence-corrected chi connectivity index (χ3v) is 3.76. The van der Waals surface area contributed by atoms with E-state index in [9.17, 15) is 4.79 Å². The van der Waals surface area contributed by atoms with E-state index < -0.39 is 5.91 Å². The Morgan fingerprint density at radius 2 is 2.42 bits per heavy atom. The highest BCUT2D eigenvalue weighted by atomic mass is 35.5. The summed E-state index contributed by atoms with van der Waals surface area (Å²) in [6, 6.07) is 6.20. The molecule has 2 rings (SSSR count). The maximum absolute atomic E-state index is 11.1. The van der Waals surface area contributed by atoms with Gasteiger partial charge in [-0.1, -0.05) is 11.6 Å². The summed E-state index contributed by atoms with van der Waals surface area (Å²) in [6.45, 7) is 3.27. The molecule has 1 heterocycles. The van der Waals surface area contributed by atoms with Crippen molar-refractivity contribution in [3.05, 3.63) is 28.8 Å². The van der Waals surface area contributed by atoms with Gasteiger partial charge in [-0.3, -0.25) is 4.79 Å². The van der Waals surface area contributed by atoms with Gasteiger partial charge in [0.2, 0.25) is 5.91 Å². The van der Waals surface area contributed by atoms with Crippen molar-refractivity contribution < 1.29 is 4.79 Å². The zero-order valence-electron chi connectivity index (χ0n) is 11.1. The van der Waals surface area contributed by atoms with Crippen LogP contribution in [0.15, 0.2) is 18.2 Å². The molecular weight excluding hydrogens is 262 g/mol. The molecule has 0 aromatic heterocycles. The Balaban J connectivity index is 1.94. The first kappa shape index (κ1) is 14.2. The first-order valence-corrected chi connectivity index (χ1v) is 7.03. The van der Waals surface area contributed by atoms with Crippen LogP contribution in [0.5, 0.6) is 0 Å². The van der Waals surface area contributed by atoms with E-state index in [4.69, 9.17) is 17.3 Å². The van der Waals surface area contributed by atoms with Crippen LogP contribution in [-0.2, 0) is 0 Å². The first-order valence-electron chi connectivity index (χ1n) is 6.65. The minimum absolute atomic E-state index is 0.353. The second-order valence-corrected chi connectivity index (χ2v) is 5.54. The normalized spacial score (nSPS) is 20.2. The molecule has 0 radical (unpaired) electrons. The highest BCUT2D eigenvalue weighted by molar-refractivity contribution is 6.34. The number of amides is 1. The molecule has 1 aliphatic rings. The average molecular weight is 282 g/mol. The fourth-order valence-corrected chi connectivity index (χ4v) is 2.81. The Hall–Kier alpha value is -1.26. The van der Waals surface area contributed by atoms with Gasteiger partial charge in [0, 0.05) is 17.8 Å². The summed E-state index contributed by atoms with van der Waals surface area (Å²) < 4.78 is 0. The Morgan fingerprint density at radius 3 is 3.00 bits per heavy atom. The molecule has 0 saturated carbocycles. The van der Waals surface area contributed by atoms with Gasteiger partial charge in [0.25, 0.3) is 0 Å². The SMILES string of the molecule is CC(CC1CCCN1)Nc1ccc(C(N)=O)c(Cl)c1. The van der Waals surface area contributed by atoms with Gasteiger partial charge in [-0.05, 0) is 50.9 Å². The van der Waals surface area contributed by atoms with E-state index in [1.165, 1.54) is 12.8 Å². The number of rotatable bonds is 5. The summed E-state index contributed by atoms with van der Waals surface area (Å²) in [5.41, 5.74) is 6.50. The van der Waals surface area contributed by atoms with Crippen LogP contribution in [0.25, 0.3) is 0 Å². The Kier molecular flexibility index (Phi) is 4.66. The standard InChI is InChI=1S/C14H20ClN3O/c1-9(7-10-3-2-6-17-10)18-11-4-5-12(14(16)19)13(15)8-11/h4-5,8-10,17-18H,2-3,6-7H2,1H3,(H2,16,19). The molecule has 4 N–H and O–H groups in total. The molecule has 0 bridgehead atoms. The van der Waals surface area contributed by atoms with E-state index >= 15 is 0 Å². The number of benzene rings is 1. The molecule has 1 aromatic carbocycles. The van der Waals surface area contributed by atoms with Crippen molar-refractivity contribution in [2.45, 2.75) is 38.3 Å². The average Bonchev–Trinajstić information content (AvgIpc) is 2.81. The van der Waals surface area contributed by atoms with Crippen molar-refractivity contribution in [2.24, 2.45) is 5.73 Å². The lowest BCUT2D eigenvalue weighted by Gasteiger charge is -2.19. The summed E-state index contributed by atoms with van der Waals surface area (Å²) in [5, 5.41) is 7.27. The smallest absolute Gasteiger partial charge is 0.250 e. The van der Waals surface area contributed by atoms with Crippen LogP contribution in [0.2, 0.25) is 5.02 Å². The maximum atomic E-state index is 11.1. The van der Waals surface area contributed by atoms with Crippen molar-refractivity contribution in [2.75, 3.05) is 11.9 Å². The minimum Gasteiger partial charge on any atom is -0.382 e. The molecule has 1 amide bonds. The van der Waals surface area contributed by atoms with Crippen molar-refractivity contribution in [3.63, 3.8) is 0 Å². The fourth-order valence-electron chi connectivity index (χ4n) is 2.53. The molecule has 0 spiro atoms. The third-order valence-electron chi connectivity index (χ3n) is 3.45. The maximum Gasteiger partial charge on any atom is 0.250 e. The van der Waals surface area contributed by atoms with Crippen molar-refractivity contribution >= 4 is 23.2 Å². The van der Waals surface area contributed by atoms with Gasteiger partial charge in [0.15, 0.2) is 0 Å². The minimum atomic E-state index is -0.500. The number of hydrogen-bond donors (Lipinski definition) is 3. The topological polar surface area (TPSA) is 67.2 Å². The molecule has 4 nitrogen and oxygen atoms in total. The van der Waals surface area contributed by atoms with E-state index in [1.54, 1.807) is 12.1 Å². The molecule has 5 heteroatoms. The first-order chi connectivity index (χ1) is 9.06. The van der Waals surface area contributed by atoms with Gasteiger partial charge < -0.3 is 16.4 Å². The van der Waals surface area contributed by atoms with Gasteiger partial charge in [0.05, 0.1) is 10.6 Å². The monoisotopic (exact) mass is 281 g/mol. The third kappa shape index (κ3) is 3.85. The fraction of sp³-hybridized carbons (Fsp3) is 0.500. The van der Waals surface area contributed by atoms with E-state index in [0.717, 1.165) is 18.7 Å². The van der Waals surface area contributed by atoms with Crippen LogP contribution in [0.1, 0.15) is 36.5 Å². The van der Waals surface area contributed by atoms with Gasteiger partial charge >= 0.3 is 0 Å². The quantitative estimate of drug-likeness (QED) is 0.776. The van der Waals surface area contributed by atoms with Crippen molar-refractivity contribution in [1.82, 2.24) is 5.32 Å². The van der Waals surface area contributed by atoms with E-state index in [-0.39, 0.29) is 0 Å².